The summed E-state index contributed by atoms with van der Waals surface area (Å²) in [7, 11) is 0. The summed E-state index contributed by atoms with van der Waals surface area (Å²) in [4.78, 5) is 19.6. The highest BCUT2D eigenvalue weighted by Crippen LogP contribution is 2.34. The SMILES string of the molecule is CCn1c(SCCSC)nc2scc(-c3cccs3)c2c1=O. The van der Waals surface area contributed by atoms with Crippen LogP contribution in [0.15, 0.2) is 32.8 Å². The van der Waals surface area contributed by atoms with Gasteiger partial charge in [0.15, 0.2) is 5.16 Å². The standard InChI is InChI=1S/C15H16N2OS4/c1-3-17-14(18)12-10(11-5-4-6-20-11)9-22-13(12)16-15(17)21-8-7-19-2/h4-6,9H,3,7-8H2,1-2H3. The number of nitrogens with zero attached hydrogens (tertiary/aromatic N) is 2. The van der Waals surface area contributed by atoms with Crippen molar-refractivity contribution in [1.29, 1.82) is 0 Å². The van der Waals surface area contributed by atoms with Crippen LogP contribution in [-0.2, 0) is 6.54 Å². The van der Waals surface area contributed by atoms with Gasteiger partial charge in [0, 0.05) is 33.9 Å². The van der Waals surface area contributed by atoms with Gasteiger partial charge in [0.1, 0.15) is 4.83 Å². The molecule has 0 spiro atoms. The van der Waals surface area contributed by atoms with E-state index in [0.29, 0.717) is 6.54 Å². The van der Waals surface area contributed by atoms with Crippen LogP contribution in [0.5, 0.6) is 0 Å². The van der Waals surface area contributed by atoms with Crippen molar-refractivity contribution in [3.8, 4) is 10.4 Å². The molecule has 0 fully saturated rings. The summed E-state index contributed by atoms with van der Waals surface area (Å²) in [5, 5.41) is 5.70. The number of fused-ring (bicyclic) bond motifs is 1. The van der Waals surface area contributed by atoms with Gasteiger partial charge in [0.2, 0.25) is 0 Å². The third-order valence-corrected chi connectivity index (χ3v) is 6.90. The van der Waals surface area contributed by atoms with Crippen molar-refractivity contribution >= 4 is 56.4 Å². The summed E-state index contributed by atoms with van der Waals surface area (Å²) >= 11 is 6.71. The van der Waals surface area contributed by atoms with Gasteiger partial charge >= 0.3 is 0 Å². The van der Waals surface area contributed by atoms with Crippen LogP contribution >= 0.6 is 46.2 Å². The van der Waals surface area contributed by atoms with E-state index in [1.807, 2.05) is 30.1 Å². The molecule has 0 aliphatic carbocycles. The molecule has 0 amide bonds. The van der Waals surface area contributed by atoms with Crippen molar-refractivity contribution in [3.63, 3.8) is 0 Å². The van der Waals surface area contributed by atoms with E-state index in [1.54, 1.807) is 39.0 Å². The Hall–Kier alpha value is -0.760. The number of thioether (sulfide) groups is 2. The molecule has 0 N–H and O–H groups in total. The number of thiophene rings is 2. The largest absolute Gasteiger partial charge is 0.287 e. The first-order valence-corrected chi connectivity index (χ1v) is 11.1. The molecule has 3 rings (SSSR count). The zero-order chi connectivity index (χ0) is 15.5. The lowest BCUT2D eigenvalue weighted by Crippen LogP contribution is -2.22. The molecule has 0 radical (unpaired) electrons. The summed E-state index contributed by atoms with van der Waals surface area (Å²) in [5.74, 6) is 2.04. The normalized spacial score (nSPS) is 11.4. The van der Waals surface area contributed by atoms with Crippen LogP contribution < -0.4 is 5.56 Å². The molecule has 0 aliphatic rings. The fourth-order valence-corrected chi connectivity index (χ4v) is 5.74. The van der Waals surface area contributed by atoms with Gasteiger partial charge in [-0.2, -0.15) is 11.8 Å². The Morgan fingerprint density at radius 1 is 1.32 bits per heavy atom. The Morgan fingerprint density at radius 3 is 2.86 bits per heavy atom. The Kier molecular flexibility index (Phi) is 5.28. The van der Waals surface area contributed by atoms with E-state index in [9.17, 15) is 4.79 Å². The van der Waals surface area contributed by atoms with Gasteiger partial charge in [0.25, 0.3) is 5.56 Å². The second-order valence-electron chi connectivity index (χ2n) is 4.59. The Bertz CT molecular complexity index is 820. The number of hydrogen-bond acceptors (Lipinski definition) is 6. The first-order valence-electron chi connectivity index (χ1n) is 6.94. The van der Waals surface area contributed by atoms with E-state index in [2.05, 4.69) is 17.7 Å². The van der Waals surface area contributed by atoms with Crippen molar-refractivity contribution in [3.05, 3.63) is 33.2 Å². The minimum absolute atomic E-state index is 0.0869. The average molecular weight is 369 g/mol. The minimum Gasteiger partial charge on any atom is -0.287 e. The zero-order valence-corrected chi connectivity index (χ0v) is 15.6. The molecule has 0 bridgehead atoms. The molecule has 7 heteroatoms. The number of rotatable bonds is 6. The Morgan fingerprint density at radius 2 is 2.18 bits per heavy atom. The number of hydrogen-bond donors (Lipinski definition) is 0. The summed E-state index contributed by atoms with van der Waals surface area (Å²) in [6.45, 7) is 2.66. The fraction of sp³-hybridized carbons (Fsp3) is 0.333. The lowest BCUT2D eigenvalue weighted by molar-refractivity contribution is 0.636. The van der Waals surface area contributed by atoms with E-state index in [4.69, 9.17) is 4.98 Å². The van der Waals surface area contributed by atoms with Crippen LogP contribution in [0.3, 0.4) is 0 Å². The molecule has 22 heavy (non-hydrogen) atoms. The van der Waals surface area contributed by atoms with Crippen LogP contribution in [-0.4, -0.2) is 27.3 Å². The third-order valence-electron chi connectivity index (χ3n) is 3.28. The van der Waals surface area contributed by atoms with Gasteiger partial charge in [0.05, 0.1) is 5.39 Å². The molecule has 3 aromatic heterocycles. The predicted octanol–water partition coefficient (Wildman–Crippen LogP) is 4.66. The molecule has 0 aliphatic heterocycles. The van der Waals surface area contributed by atoms with E-state index in [0.717, 1.165) is 37.3 Å². The van der Waals surface area contributed by atoms with Gasteiger partial charge < -0.3 is 0 Å². The fourth-order valence-electron chi connectivity index (χ4n) is 2.22. The molecule has 0 saturated carbocycles. The molecule has 3 heterocycles. The first kappa shape index (κ1) is 16.1. The monoisotopic (exact) mass is 368 g/mol. The molecule has 116 valence electrons. The molecule has 0 saturated heterocycles. The summed E-state index contributed by atoms with van der Waals surface area (Å²) in [6.07, 6.45) is 2.09. The molecular formula is C15H16N2OS4. The maximum atomic E-state index is 12.9. The van der Waals surface area contributed by atoms with Crippen LogP contribution in [0.25, 0.3) is 20.7 Å². The molecule has 3 nitrogen and oxygen atoms in total. The van der Waals surface area contributed by atoms with Crippen LogP contribution in [0.2, 0.25) is 0 Å². The second kappa shape index (κ2) is 7.21. The molecule has 3 aromatic rings. The highest BCUT2D eigenvalue weighted by Gasteiger charge is 2.16. The zero-order valence-electron chi connectivity index (χ0n) is 12.4. The lowest BCUT2D eigenvalue weighted by atomic mass is 10.2. The highest BCUT2D eigenvalue weighted by atomic mass is 32.2. The maximum Gasteiger partial charge on any atom is 0.263 e. The highest BCUT2D eigenvalue weighted by molar-refractivity contribution is 8.02. The lowest BCUT2D eigenvalue weighted by Gasteiger charge is -2.09. The summed E-state index contributed by atoms with van der Waals surface area (Å²) < 4.78 is 1.80. The molecule has 0 unspecified atom stereocenters. The van der Waals surface area contributed by atoms with Crippen molar-refractivity contribution in [1.82, 2.24) is 9.55 Å². The van der Waals surface area contributed by atoms with Gasteiger partial charge in [-0.05, 0) is 24.6 Å². The van der Waals surface area contributed by atoms with Crippen LogP contribution in [0.4, 0.5) is 0 Å². The topological polar surface area (TPSA) is 34.9 Å². The van der Waals surface area contributed by atoms with E-state index >= 15 is 0 Å². The molecule has 0 aromatic carbocycles. The molecule has 0 atom stereocenters. The van der Waals surface area contributed by atoms with Gasteiger partial charge in [-0.1, -0.05) is 17.8 Å². The van der Waals surface area contributed by atoms with Gasteiger partial charge in [-0.3, -0.25) is 9.36 Å². The van der Waals surface area contributed by atoms with E-state index < -0.39 is 0 Å². The van der Waals surface area contributed by atoms with Gasteiger partial charge in [-0.15, -0.1) is 22.7 Å². The maximum absolute atomic E-state index is 12.9. The Labute approximate surface area is 145 Å². The van der Waals surface area contributed by atoms with Gasteiger partial charge in [-0.25, -0.2) is 4.98 Å². The van der Waals surface area contributed by atoms with Crippen molar-refractivity contribution < 1.29 is 0 Å². The Balaban J connectivity index is 2.12. The van der Waals surface area contributed by atoms with Crippen molar-refractivity contribution in [2.24, 2.45) is 0 Å². The molecular weight excluding hydrogens is 352 g/mol. The second-order valence-corrected chi connectivity index (χ2v) is 8.45. The first-order chi connectivity index (χ1) is 10.8. The van der Waals surface area contributed by atoms with Crippen molar-refractivity contribution in [2.45, 2.75) is 18.6 Å². The smallest absolute Gasteiger partial charge is 0.263 e. The van der Waals surface area contributed by atoms with E-state index in [1.165, 1.54) is 0 Å². The van der Waals surface area contributed by atoms with Crippen LogP contribution in [0.1, 0.15) is 6.92 Å². The third kappa shape index (κ3) is 2.99. The van der Waals surface area contributed by atoms with Crippen LogP contribution in [0, 0.1) is 0 Å². The average Bonchev–Trinajstić information content (AvgIpc) is 3.16. The number of aromatic nitrogens is 2. The minimum atomic E-state index is 0.0869. The summed E-state index contributed by atoms with van der Waals surface area (Å²) in [5.41, 5.74) is 1.11. The van der Waals surface area contributed by atoms with E-state index in [-0.39, 0.29) is 5.56 Å². The quantitative estimate of drug-likeness (QED) is 0.360. The predicted molar refractivity (Wildman–Crippen MR) is 102 cm³/mol. The van der Waals surface area contributed by atoms with Crippen molar-refractivity contribution in [2.75, 3.05) is 17.8 Å². The summed E-state index contributed by atoms with van der Waals surface area (Å²) in [6, 6.07) is 4.07.